The molecule has 1 unspecified atom stereocenters. The molecule has 3 rings (SSSR count). The smallest absolute Gasteiger partial charge is 0.0686 e. The normalized spacial score (nSPS) is 17.9. The number of nitrogens with zero attached hydrogens (tertiary/aromatic N) is 3. The second kappa shape index (κ2) is 5.74. The molecule has 1 aromatic carbocycles. The lowest BCUT2D eigenvalue weighted by molar-refractivity contribution is 0.248. The topological polar surface area (TPSA) is 21.1 Å². The van der Waals surface area contributed by atoms with Crippen molar-refractivity contribution in [3.05, 3.63) is 35.8 Å². The molecule has 1 aromatic heterocycles. The van der Waals surface area contributed by atoms with Crippen molar-refractivity contribution in [2.75, 3.05) is 13.1 Å². The number of hydrogen-bond donors (Lipinski definition) is 0. The first-order valence-electron chi connectivity index (χ1n) is 7.43. The summed E-state index contributed by atoms with van der Waals surface area (Å²) >= 11 is 6.52. The molecule has 0 saturated carbocycles. The van der Waals surface area contributed by atoms with Crippen LogP contribution < -0.4 is 0 Å². The lowest BCUT2D eigenvalue weighted by Crippen LogP contribution is -2.25. The van der Waals surface area contributed by atoms with Crippen molar-refractivity contribution in [1.29, 1.82) is 0 Å². The Hall–Kier alpha value is -1.06. The zero-order valence-electron chi connectivity index (χ0n) is 12.0. The minimum absolute atomic E-state index is 0.309. The van der Waals surface area contributed by atoms with E-state index in [0.717, 1.165) is 31.1 Å². The molecule has 20 heavy (non-hydrogen) atoms. The molecular formula is C16H21ClN3. The quantitative estimate of drug-likeness (QED) is 0.846. The van der Waals surface area contributed by atoms with E-state index >= 15 is 0 Å². The number of aryl methyl sites for hydroxylation is 1. The van der Waals surface area contributed by atoms with E-state index < -0.39 is 0 Å². The Morgan fingerprint density at radius 2 is 2.10 bits per heavy atom. The van der Waals surface area contributed by atoms with E-state index in [-0.39, 0.29) is 0 Å². The van der Waals surface area contributed by atoms with Gasteiger partial charge in [0, 0.05) is 23.0 Å². The van der Waals surface area contributed by atoms with Crippen LogP contribution in [0.1, 0.15) is 37.8 Å². The van der Waals surface area contributed by atoms with Gasteiger partial charge >= 0.3 is 0 Å². The second-order valence-electron chi connectivity index (χ2n) is 5.40. The molecule has 0 spiro atoms. The van der Waals surface area contributed by atoms with Crippen molar-refractivity contribution in [3.8, 4) is 0 Å². The number of likely N-dealkylation sites (tertiary alicyclic amines) is 1. The molecule has 1 fully saturated rings. The molecule has 1 aliphatic rings. The van der Waals surface area contributed by atoms with Crippen LogP contribution in [0.25, 0.3) is 10.9 Å². The zero-order chi connectivity index (χ0) is 14.1. The molecule has 0 aliphatic carbocycles. The maximum atomic E-state index is 6.52. The van der Waals surface area contributed by atoms with Crippen molar-refractivity contribution in [2.45, 2.75) is 38.8 Å². The third-order valence-corrected chi connectivity index (χ3v) is 4.63. The van der Waals surface area contributed by atoms with Gasteiger partial charge in [0.25, 0.3) is 0 Å². The van der Waals surface area contributed by atoms with Crippen LogP contribution in [-0.2, 0) is 6.54 Å². The Bertz CT molecular complexity index is 599. The molecule has 2 heterocycles. The minimum atomic E-state index is 0.309. The van der Waals surface area contributed by atoms with Crippen LogP contribution in [0.2, 0.25) is 5.02 Å². The van der Waals surface area contributed by atoms with Crippen LogP contribution in [0.4, 0.5) is 0 Å². The summed E-state index contributed by atoms with van der Waals surface area (Å²) in [5, 5.41) is 6.50. The molecular weight excluding hydrogens is 270 g/mol. The van der Waals surface area contributed by atoms with Crippen LogP contribution in [-0.4, -0.2) is 27.8 Å². The van der Waals surface area contributed by atoms with Gasteiger partial charge in [-0.3, -0.25) is 9.58 Å². The third-order valence-electron chi connectivity index (χ3n) is 4.30. The van der Waals surface area contributed by atoms with Gasteiger partial charge in [-0.1, -0.05) is 18.5 Å². The van der Waals surface area contributed by atoms with Gasteiger partial charge in [0.05, 0.1) is 11.7 Å². The van der Waals surface area contributed by atoms with E-state index in [9.17, 15) is 0 Å². The SMILES string of the molecule is [CH2]CC(c1c(Cl)ccc2c1cnn2CC)N1CCCC1. The largest absolute Gasteiger partial charge is 0.296 e. The van der Waals surface area contributed by atoms with Crippen LogP contribution in [0, 0.1) is 6.92 Å². The molecule has 0 N–H and O–H groups in total. The van der Waals surface area contributed by atoms with E-state index in [1.807, 2.05) is 16.9 Å². The summed E-state index contributed by atoms with van der Waals surface area (Å²) in [6.45, 7) is 9.44. The number of fused-ring (bicyclic) bond motifs is 1. The summed E-state index contributed by atoms with van der Waals surface area (Å²) in [6, 6.07) is 4.39. The molecule has 0 amide bonds. The Labute approximate surface area is 125 Å². The summed E-state index contributed by atoms with van der Waals surface area (Å²) in [5.41, 5.74) is 2.38. The Kier molecular flexibility index (Phi) is 3.99. The molecule has 1 radical (unpaired) electrons. The highest BCUT2D eigenvalue weighted by molar-refractivity contribution is 6.32. The van der Waals surface area contributed by atoms with E-state index in [2.05, 4.69) is 29.9 Å². The maximum Gasteiger partial charge on any atom is 0.0686 e. The highest BCUT2D eigenvalue weighted by Gasteiger charge is 2.26. The Morgan fingerprint density at radius 3 is 2.75 bits per heavy atom. The van der Waals surface area contributed by atoms with Crippen molar-refractivity contribution in [2.24, 2.45) is 0 Å². The fourth-order valence-corrected chi connectivity index (χ4v) is 3.59. The zero-order valence-corrected chi connectivity index (χ0v) is 12.7. The average molecular weight is 291 g/mol. The van der Waals surface area contributed by atoms with Gasteiger partial charge in [-0.2, -0.15) is 5.10 Å². The second-order valence-corrected chi connectivity index (χ2v) is 5.81. The number of aromatic nitrogens is 2. The van der Waals surface area contributed by atoms with Gasteiger partial charge in [-0.05, 0) is 57.0 Å². The van der Waals surface area contributed by atoms with Crippen molar-refractivity contribution < 1.29 is 0 Å². The molecule has 1 aliphatic heterocycles. The van der Waals surface area contributed by atoms with E-state index in [1.165, 1.54) is 29.3 Å². The first kappa shape index (κ1) is 13.9. The van der Waals surface area contributed by atoms with Crippen LogP contribution >= 0.6 is 11.6 Å². The first-order chi connectivity index (χ1) is 9.76. The molecule has 1 atom stereocenters. The molecule has 1 saturated heterocycles. The van der Waals surface area contributed by atoms with E-state index in [0.29, 0.717) is 6.04 Å². The monoisotopic (exact) mass is 290 g/mol. The summed E-state index contributed by atoms with van der Waals surface area (Å²) in [7, 11) is 0. The lowest BCUT2D eigenvalue weighted by atomic mass is 9.99. The predicted octanol–water partition coefficient (Wildman–Crippen LogP) is 4.07. The van der Waals surface area contributed by atoms with Crippen LogP contribution in [0.5, 0.6) is 0 Å². The fourth-order valence-electron chi connectivity index (χ4n) is 3.30. The molecule has 3 nitrogen and oxygen atoms in total. The Morgan fingerprint density at radius 1 is 1.35 bits per heavy atom. The number of benzene rings is 1. The minimum Gasteiger partial charge on any atom is -0.296 e. The first-order valence-corrected chi connectivity index (χ1v) is 7.81. The molecule has 0 bridgehead atoms. The lowest BCUT2D eigenvalue weighted by Gasteiger charge is -2.28. The van der Waals surface area contributed by atoms with Crippen LogP contribution in [0.3, 0.4) is 0 Å². The van der Waals surface area contributed by atoms with Gasteiger partial charge < -0.3 is 0 Å². The maximum absolute atomic E-state index is 6.52. The van der Waals surface area contributed by atoms with Crippen molar-refractivity contribution in [3.63, 3.8) is 0 Å². The average Bonchev–Trinajstić information content (AvgIpc) is 3.10. The van der Waals surface area contributed by atoms with Crippen LogP contribution in [0.15, 0.2) is 18.3 Å². The number of halogens is 1. The fraction of sp³-hybridized carbons (Fsp3) is 0.500. The third kappa shape index (κ3) is 2.23. The predicted molar refractivity (Wildman–Crippen MR) is 83.9 cm³/mol. The molecule has 4 heteroatoms. The highest BCUT2D eigenvalue weighted by atomic mass is 35.5. The van der Waals surface area contributed by atoms with E-state index in [4.69, 9.17) is 11.6 Å². The van der Waals surface area contributed by atoms with Crippen molar-refractivity contribution >= 4 is 22.5 Å². The van der Waals surface area contributed by atoms with Gasteiger partial charge in [-0.15, -0.1) is 0 Å². The molecule has 2 aromatic rings. The van der Waals surface area contributed by atoms with Crippen molar-refractivity contribution in [1.82, 2.24) is 14.7 Å². The molecule has 107 valence electrons. The van der Waals surface area contributed by atoms with Gasteiger partial charge in [-0.25, -0.2) is 0 Å². The summed E-state index contributed by atoms with van der Waals surface area (Å²) in [4.78, 5) is 2.51. The van der Waals surface area contributed by atoms with Gasteiger partial charge in [0.2, 0.25) is 0 Å². The number of hydrogen-bond acceptors (Lipinski definition) is 2. The standard InChI is InChI=1S/C16H21ClN3/c1-3-14(19-9-5-6-10-19)16-12-11-18-20(4-2)15(12)8-7-13(16)17/h7-8,11,14H,1,3-6,9-10H2,2H3. The summed E-state index contributed by atoms with van der Waals surface area (Å²) < 4.78 is 2.03. The Balaban J connectivity index is 2.12. The highest BCUT2D eigenvalue weighted by Crippen LogP contribution is 2.37. The number of rotatable bonds is 4. The summed E-state index contributed by atoms with van der Waals surface area (Å²) in [6.07, 6.45) is 5.35. The van der Waals surface area contributed by atoms with E-state index in [1.54, 1.807) is 0 Å². The summed E-state index contributed by atoms with van der Waals surface area (Å²) in [5.74, 6) is 0. The van der Waals surface area contributed by atoms with Gasteiger partial charge in [0.1, 0.15) is 0 Å². The van der Waals surface area contributed by atoms with Gasteiger partial charge in [0.15, 0.2) is 0 Å².